The van der Waals surface area contributed by atoms with Crippen LogP contribution in [0.15, 0.2) is 36.4 Å². The normalized spacial score (nSPS) is 16.1. The van der Waals surface area contributed by atoms with Gasteiger partial charge in [0.05, 0.1) is 28.3 Å². The van der Waals surface area contributed by atoms with Gasteiger partial charge in [-0.15, -0.1) is 11.3 Å². The summed E-state index contributed by atoms with van der Waals surface area (Å²) >= 11 is 1.51. The number of benzene rings is 1. The number of rotatable bonds is 5. The molecule has 168 valence electrons. The quantitative estimate of drug-likeness (QED) is 0.436. The van der Waals surface area contributed by atoms with Crippen molar-refractivity contribution in [3.05, 3.63) is 52.8 Å². The second kappa shape index (κ2) is 8.88. The topological polar surface area (TPSA) is 89.0 Å². The number of amides is 1. The van der Waals surface area contributed by atoms with Crippen molar-refractivity contribution in [1.82, 2.24) is 20.3 Å². The molecule has 0 unspecified atom stereocenters. The van der Waals surface area contributed by atoms with Gasteiger partial charge in [-0.05, 0) is 57.2 Å². The Bertz CT molecular complexity index is 1390. The first-order valence-electron chi connectivity index (χ1n) is 11.1. The minimum absolute atomic E-state index is 0.0271. The Labute approximate surface area is 195 Å². The Hall–Kier alpha value is -3.36. The van der Waals surface area contributed by atoms with Crippen molar-refractivity contribution in [2.24, 2.45) is 0 Å². The predicted octanol–water partition coefficient (Wildman–Crippen LogP) is 5.02. The maximum absolute atomic E-state index is 12.7. The molecule has 1 amide bonds. The van der Waals surface area contributed by atoms with Crippen LogP contribution in [0.5, 0.6) is 0 Å². The lowest BCUT2D eigenvalue weighted by Crippen LogP contribution is -2.34. The molecule has 1 atom stereocenters. The first-order chi connectivity index (χ1) is 16.1. The number of pyridine rings is 1. The van der Waals surface area contributed by atoms with Crippen molar-refractivity contribution in [3.8, 4) is 11.4 Å². The number of carbonyl (C=O) groups is 1. The number of anilines is 1. The molecular formula is C25H25N5O2S. The molecule has 2 N–H and O–H groups in total. The number of fused-ring (bicyclic) bond motifs is 5. The summed E-state index contributed by atoms with van der Waals surface area (Å²) in [5.41, 5.74) is 4.10. The van der Waals surface area contributed by atoms with E-state index in [4.69, 9.17) is 9.72 Å². The molecule has 0 saturated carbocycles. The van der Waals surface area contributed by atoms with E-state index in [1.54, 1.807) is 0 Å². The van der Waals surface area contributed by atoms with Gasteiger partial charge in [-0.25, -0.2) is 15.0 Å². The molecule has 4 aromatic rings. The average molecular weight is 460 g/mol. The lowest BCUT2D eigenvalue weighted by atomic mass is 10.1. The van der Waals surface area contributed by atoms with Crippen molar-refractivity contribution < 1.29 is 9.53 Å². The van der Waals surface area contributed by atoms with E-state index in [2.05, 4.69) is 26.7 Å². The Kier molecular flexibility index (Phi) is 5.78. The van der Waals surface area contributed by atoms with Gasteiger partial charge < -0.3 is 15.4 Å². The number of nitrogens with one attached hydrogen (secondary N) is 2. The molecule has 33 heavy (non-hydrogen) atoms. The molecule has 0 aliphatic carbocycles. The molecule has 0 saturated heterocycles. The molecule has 1 aromatic carbocycles. The molecule has 3 aromatic heterocycles. The molecule has 1 aliphatic heterocycles. The van der Waals surface area contributed by atoms with Crippen LogP contribution in [-0.4, -0.2) is 40.1 Å². The second-order valence-corrected chi connectivity index (χ2v) is 9.05. The zero-order valence-electron chi connectivity index (χ0n) is 18.8. The summed E-state index contributed by atoms with van der Waals surface area (Å²) in [6, 6.07) is 10.1. The standard InChI is InChI=1S/C25H25N5O2S/c1-4-6-15-11-19(30-21(28-15)13-32-5-2)18-8-7-16-17(29-18)9-10-20-22(16)23-24(33-20)25(31)27-14(3)12-26-23/h4,6-11,14,26H,5,12-13H2,1-3H3,(H,27,31)/b6-4-/t14-/m1/s1. The van der Waals surface area contributed by atoms with Gasteiger partial charge in [0, 0.05) is 34.7 Å². The lowest BCUT2D eigenvalue weighted by molar-refractivity contribution is 0.0949. The Morgan fingerprint density at radius 2 is 2.06 bits per heavy atom. The van der Waals surface area contributed by atoms with E-state index in [1.165, 1.54) is 11.3 Å². The van der Waals surface area contributed by atoms with E-state index in [1.807, 2.05) is 57.2 Å². The number of ether oxygens (including phenoxy) is 1. The first kappa shape index (κ1) is 21.5. The fourth-order valence-electron chi connectivity index (χ4n) is 4.03. The van der Waals surface area contributed by atoms with Crippen LogP contribution in [0, 0.1) is 0 Å². The summed E-state index contributed by atoms with van der Waals surface area (Å²) in [6.07, 6.45) is 3.90. The number of aromatic nitrogens is 3. The third-order valence-electron chi connectivity index (χ3n) is 5.52. The van der Waals surface area contributed by atoms with Crippen molar-refractivity contribution in [3.63, 3.8) is 0 Å². The molecule has 8 heteroatoms. The summed E-state index contributed by atoms with van der Waals surface area (Å²) in [5, 5.41) is 8.57. The van der Waals surface area contributed by atoms with Crippen LogP contribution >= 0.6 is 11.3 Å². The maximum Gasteiger partial charge on any atom is 0.263 e. The monoisotopic (exact) mass is 459 g/mol. The van der Waals surface area contributed by atoms with Gasteiger partial charge in [0.15, 0.2) is 5.82 Å². The minimum Gasteiger partial charge on any atom is -0.381 e. The second-order valence-electron chi connectivity index (χ2n) is 7.99. The Morgan fingerprint density at radius 3 is 2.88 bits per heavy atom. The molecule has 0 spiro atoms. The molecule has 0 radical (unpaired) electrons. The Balaban J connectivity index is 1.63. The first-order valence-corrected chi connectivity index (χ1v) is 11.9. The van der Waals surface area contributed by atoms with Gasteiger partial charge in [-0.2, -0.15) is 0 Å². The number of carbonyl (C=O) groups excluding carboxylic acids is 1. The summed E-state index contributed by atoms with van der Waals surface area (Å²) in [5.74, 6) is 0.605. The SMILES string of the molecule is C/C=C\c1cc(-c2ccc3c(ccc4sc5c(c43)NC[C@@H](C)NC5=O)n2)nc(COCC)n1. The van der Waals surface area contributed by atoms with Crippen LogP contribution in [0.25, 0.3) is 38.5 Å². The largest absolute Gasteiger partial charge is 0.381 e. The number of nitrogens with zero attached hydrogens (tertiary/aromatic N) is 3. The van der Waals surface area contributed by atoms with E-state index in [0.717, 1.165) is 48.6 Å². The van der Waals surface area contributed by atoms with Crippen LogP contribution < -0.4 is 10.6 Å². The van der Waals surface area contributed by atoms with Crippen molar-refractivity contribution in [2.75, 3.05) is 18.5 Å². The van der Waals surface area contributed by atoms with Crippen LogP contribution in [0.3, 0.4) is 0 Å². The van der Waals surface area contributed by atoms with E-state index in [0.29, 0.717) is 25.6 Å². The van der Waals surface area contributed by atoms with Gasteiger partial charge in [-0.3, -0.25) is 4.79 Å². The van der Waals surface area contributed by atoms with E-state index in [9.17, 15) is 4.79 Å². The van der Waals surface area contributed by atoms with Gasteiger partial charge >= 0.3 is 0 Å². The molecule has 7 nitrogen and oxygen atoms in total. The zero-order valence-corrected chi connectivity index (χ0v) is 19.6. The molecule has 5 rings (SSSR count). The maximum atomic E-state index is 12.7. The van der Waals surface area contributed by atoms with E-state index < -0.39 is 0 Å². The smallest absolute Gasteiger partial charge is 0.263 e. The molecule has 0 bridgehead atoms. The third-order valence-corrected chi connectivity index (χ3v) is 6.67. The number of hydrogen-bond acceptors (Lipinski definition) is 7. The molecule has 1 aliphatic rings. The van der Waals surface area contributed by atoms with Gasteiger partial charge in [0.2, 0.25) is 0 Å². The van der Waals surface area contributed by atoms with Crippen LogP contribution in [-0.2, 0) is 11.3 Å². The lowest BCUT2D eigenvalue weighted by Gasteiger charge is -2.10. The van der Waals surface area contributed by atoms with Crippen LogP contribution in [0.1, 0.15) is 42.0 Å². The fraction of sp³-hybridized carbons (Fsp3) is 0.280. The number of thiophene rings is 1. The zero-order chi connectivity index (χ0) is 22.9. The van der Waals surface area contributed by atoms with Crippen LogP contribution in [0.2, 0.25) is 0 Å². The average Bonchev–Trinajstić information content (AvgIpc) is 3.14. The van der Waals surface area contributed by atoms with Crippen LogP contribution in [0.4, 0.5) is 5.69 Å². The summed E-state index contributed by atoms with van der Waals surface area (Å²) in [4.78, 5) is 27.6. The predicted molar refractivity (Wildman–Crippen MR) is 134 cm³/mol. The summed E-state index contributed by atoms with van der Waals surface area (Å²) < 4.78 is 6.59. The highest BCUT2D eigenvalue weighted by atomic mass is 32.1. The number of allylic oxidation sites excluding steroid dienone is 1. The fourth-order valence-corrected chi connectivity index (χ4v) is 5.13. The summed E-state index contributed by atoms with van der Waals surface area (Å²) in [7, 11) is 0. The minimum atomic E-state index is -0.0271. The van der Waals surface area contributed by atoms with E-state index >= 15 is 0 Å². The van der Waals surface area contributed by atoms with Gasteiger partial charge in [-0.1, -0.05) is 6.08 Å². The summed E-state index contributed by atoms with van der Waals surface area (Å²) in [6.45, 7) is 7.56. The molecule has 0 fully saturated rings. The van der Waals surface area contributed by atoms with E-state index in [-0.39, 0.29) is 11.9 Å². The van der Waals surface area contributed by atoms with Crippen molar-refractivity contribution >= 4 is 50.0 Å². The highest BCUT2D eigenvalue weighted by molar-refractivity contribution is 7.21. The molecule has 4 heterocycles. The Morgan fingerprint density at radius 1 is 1.18 bits per heavy atom. The highest BCUT2D eigenvalue weighted by Crippen LogP contribution is 2.41. The third kappa shape index (κ3) is 4.07. The number of hydrogen-bond donors (Lipinski definition) is 2. The van der Waals surface area contributed by atoms with Gasteiger partial charge in [0.1, 0.15) is 11.5 Å². The molecular weight excluding hydrogens is 434 g/mol. The van der Waals surface area contributed by atoms with Crippen molar-refractivity contribution in [1.29, 1.82) is 0 Å². The van der Waals surface area contributed by atoms with Crippen molar-refractivity contribution in [2.45, 2.75) is 33.4 Å². The van der Waals surface area contributed by atoms with Gasteiger partial charge in [0.25, 0.3) is 5.91 Å². The highest BCUT2D eigenvalue weighted by Gasteiger charge is 2.24.